The van der Waals surface area contributed by atoms with Crippen LogP contribution in [-0.4, -0.2) is 197 Å². The Labute approximate surface area is 828 Å². The van der Waals surface area contributed by atoms with E-state index in [0.717, 1.165) is 109 Å². The van der Waals surface area contributed by atoms with Gasteiger partial charge >= 0.3 is 42.2 Å². The number of nitro groups is 1. The molecule has 1 N–H and O–H groups in total. The van der Waals surface area contributed by atoms with E-state index in [0.29, 0.717) is 123 Å². The van der Waals surface area contributed by atoms with Crippen molar-refractivity contribution in [1.82, 2.24) is 68.9 Å². The summed E-state index contributed by atoms with van der Waals surface area (Å²) < 4.78 is 88.2. The van der Waals surface area contributed by atoms with Crippen LogP contribution in [0, 0.1) is 79.6 Å². The molecule has 8 atom stereocenters. The number of aromatic nitrogens is 12. The third-order valence-electron chi connectivity index (χ3n) is 25.3. The number of hydrogen-bond acceptors (Lipinski definition) is 33. The Morgan fingerprint density at radius 1 is 0.441 bits per heavy atom. The van der Waals surface area contributed by atoms with Crippen molar-refractivity contribution < 1.29 is 105 Å². The van der Waals surface area contributed by atoms with Gasteiger partial charge in [-0.2, -0.15) is 40.6 Å². The quantitative estimate of drug-likeness (QED) is 0.0102. The lowest BCUT2D eigenvalue weighted by molar-refractivity contribution is -0.384. The number of carbonyl (C=O) groups excluding carboxylic acids is 7. The maximum absolute atomic E-state index is 15.0. The molecule has 0 bridgehead atoms. The number of carbonyl (C=O) groups is 7. The molecule has 8 aromatic heterocycles. The molecule has 9 aromatic rings. The summed E-state index contributed by atoms with van der Waals surface area (Å²) >= 11 is 0. The zero-order chi connectivity index (χ0) is 103. The standard InChI is InChI=1S/C28H29N5O8.C27H35N5O5.C26H35FN4O5.C21H26N4O4/c1-17(2)39-27(34)18-5-4-6-21(13-18)40-26-12-11-23(31-24(26)14-29)22-15-30-32(3)25(22)16-38-28(35)41-20-9-7-19(8-10-20)33(36)37;1-17(2)36-26(33)18-7-5-10-20(13-18)37-25-12-11-22(30-23(25)14-28)21-15-29-32(4)24(21)16-35-27(34)31(3)19-8-6-9-19;1-16(2)35-25(32)18-6-5-7-19(12-18)36-23-11-10-21(29-24(23)27)20-13-28-31(4)22(20)15-34-26(33)30(3)14-17-8-9-17;1-13(2)28-21(27)14-5-4-6-15(9-14)29-20-8-7-17(24-18(20)10-22)16-11-23-25(3)19(16)12-26/h7-12,15,17-18,21H,4-6,13,16H2,1-3H3;11-12,15,17-20H,5-10,13,16H2,1-4H3;10-11,13,16-19H,5-9,12,14-15H2,1-4H3;7-8,11,13-15,26H,4-6,9,12H2,1-3H3/t18-,21-;18-,20-;18-,19-;14-,15-/m0000/s1. The fourth-order valence-corrected chi connectivity index (χ4v) is 17.3. The summed E-state index contributed by atoms with van der Waals surface area (Å²) in [5.74, 6) is -0.676. The van der Waals surface area contributed by atoms with E-state index in [2.05, 4.69) is 58.5 Å². The highest BCUT2D eigenvalue weighted by Gasteiger charge is 2.38. The summed E-state index contributed by atoms with van der Waals surface area (Å²) in [5, 5.41) is 66.4. The van der Waals surface area contributed by atoms with Crippen LogP contribution in [0.25, 0.3) is 45.0 Å². The number of nitriles is 3. The smallest absolute Gasteiger partial charge is 0.487 e. The van der Waals surface area contributed by atoms with Gasteiger partial charge in [0.2, 0.25) is 0 Å². The van der Waals surface area contributed by atoms with Crippen molar-refractivity contribution in [2.45, 2.75) is 272 Å². The second-order valence-electron chi connectivity index (χ2n) is 37.5. The highest BCUT2D eigenvalue weighted by molar-refractivity contribution is 5.76. The van der Waals surface area contributed by atoms with Crippen LogP contribution in [0.3, 0.4) is 0 Å². The average Bonchev–Trinajstić information content (AvgIpc) is 1.71. The van der Waals surface area contributed by atoms with E-state index in [-0.39, 0.29) is 169 Å². The summed E-state index contributed by atoms with van der Waals surface area (Å²) in [7, 11) is 10.4. The van der Waals surface area contributed by atoms with Crippen LogP contribution in [0.1, 0.15) is 230 Å². The number of esters is 4. The number of amides is 2. The number of pyridine rings is 4. The highest BCUT2D eigenvalue weighted by atomic mass is 19.1. The Kier molecular flexibility index (Phi) is 37.9. The second kappa shape index (κ2) is 50.6. The third kappa shape index (κ3) is 29.7. The van der Waals surface area contributed by atoms with E-state index >= 15 is 0 Å². The van der Waals surface area contributed by atoms with E-state index in [9.17, 15) is 69.0 Å². The molecule has 41 heteroatoms. The topological polar surface area (TPSA) is 494 Å². The van der Waals surface area contributed by atoms with Crippen LogP contribution in [0.5, 0.6) is 28.7 Å². The molecule has 0 unspecified atom stereocenters. The highest BCUT2D eigenvalue weighted by Crippen LogP contribution is 2.40. The third-order valence-corrected chi connectivity index (χ3v) is 25.3. The molecule has 2 amide bonds. The summed E-state index contributed by atoms with van der Waals surface area (Å²) in [6.07, 6.45) is 20.0. The summed E-state index contributed by atoms with van der Waals surface area (Å²) in [4.78, 5) is 117. The number of non-ortho nitro benzene ring substituents is 1. The number of halogens is 1. The summed E-state index contributed by atoms with van der Waals surface area (Å²) in [6, 6.07) is 25.0. The molecule has 6 fully saturated rings. The molecule has 6 aliphatic rings. The number of ether oxygens (including phenoxy) is 12. The van der Waals surface area contributed by atoms with Crippen molar-refractivity contribution in [3.8, 4) is 92.0 Å². The largest absolute Gasteiger partial charge is 0.514 e. The van der Waals surface area contributed by atoms with E-state index in [4.69, 9.17) is 56.8 Å². The van der Waals surface area contributed by atoms with Crippen LogP contribution in [-0.2, 0) is 107 Å². The molecule has 762 valence electrons. The number of hydrogen-bond donors (Lipinski definition) is 1. The molecule has 6 saturated carbocycles. The first-order valence-corrected chi connectivity index (χ1v) is 48.4. The van der Waals surface area contributed by atoms with Crippen molar-refractivity contribution >= 4 is 47.9 Å². The molecular weight excluding hydrogens is 1850 g/mol. The molecule has 0 radical (unpaired) electrons. The van der Waals surface area contributed by atoms with Gasteiger partial charge in [-0.05, 0) is 257 Å². The number of aryl methyl sites for hydroxylation is 4. The molecule has 15 rings (SSSR count). The fraction of sp³-hybridized carbons (Fsp3) is 0.529. The van der Waals surface area contributed by atoms with Crippen molar-refractivity contribution in [1.29, 1.82) is 15.8 Å². The molecule has 143 heavy (non-hydrogen) atoms. The lowest BCUT2D eigenvalue weighted by atomic mass is 9.87. The average molecular weight is 1970 g/mol. The molecule has 0 saturated heterocycles. The van der Waals surface area contributed by atoms with Gasteiger partial charge in [0.15, 0.2) is 40.1 Å². The van der Waals surface area contributed by atoms with E-state index < -0.39 is 23.1 Å². The van der Waals surface area contributed by atoms with Crippen LogP contribution in [0.4, 0.5) is 24.5 Å². The monoisotopic (exact) mass is 1970 g/mol. The maximum Gasteiger partial charge on any atom is 0.514 e. The first-order chi connectivity index (χ1) is 68.5. The minimum Gasteiger partial charge on any atom is -0.487 e. The SMILES string of the molecule is CC(C)OC(=O)[C@H]1CCC[C@H](Oc2ccc(-c3cnn(C)c3CO)nc2C#N)C1.CC(C)OC(=O)[C@H]1CCC[C@H](Oc2ccc(-c3cnn(C)c3COC(=O)N(C)C3CCC3)nc2C#N)C1.CC(C)OC(=O)[C@H]1CCC[C@H](Oc2ccc(-c3cnn(C)c3COC(=O)N(C)CC3CC3)nc2F)C1.CC(C)OC(=O)[C@H]1CCC[C@H](Oc2ccc(-c3cnn(C)c3COC(=O)Oc3ccc([N+](=O)[O-])cc3)nc2C#N)C1. The number of aliphatic hydroxyl groups excluding tert-OH is 1. The summed E-state index contributed by atoms with van der Waals surface area (Å²) in [6.45, 7) is 15.0. The van der Waals surface area contributed by atoms with Crippen molar-refractivity contribution in [3.63, 3.8) is 0 Å². The number of aliphatic hydroxyl groups is 1. The maximum atomic E-state index is 15.0. The molecular formula is C102H125FN18O22. The lowest BCUT2D eigenvalue weighted by Crippen LogP contribution is -2.41. The van der Waals surface area contributed by atoms with Gasteiger partial charge < -0.3 is 71.7 Å². The molecule has 6 aliphatic carbocycles. The van der Waals surface area contributed by atoms with Gasteiger partial charge in [0.1, 0.15) is 43.8 Å². The van der Waals surface area contributed by atoms with Gasteiger partial charge in [-0.1, -0.05) is 0 Å². The molecule has 8 heterocycles. The predicted octanol–water partition coefficient (Wildman–Crippen LogP) is 16.5. The number of benzene rings is 1. The number of nitro benzene ring substituents is 1. The van der Waals surface area contributed by atoms with Gasteiger partial charge in [0, 0.05) is 89.3 Å². The van der Waals surface area contributed by atoms with E-state index in [1.807, 2.05) is 55.4 Å². The number of rotatable bonds is 32. The van der Waals surface area contributed by atoms with Gasteiger partial charge in [-0.3, -0.25) is 48.0 Å². The molecule has 0 aliphatic heterocycles. The van der Waals surface area contributed by atoms with Gasteiger partial charge in [0.05, 0.1) is 154 Å². The van der Waals surface area contributed by atoms with Gasteiger partial charge in [-0.25, -0.2) is 34.3 Å². The van der Waals surface area contributed by atoms with Crippen molar-refractivity contribution in [2.24, 2.45) is 57.8 Å². The first kappa shape index (κ1) is 107. The Hall–Kier alpha value is -14.7. The van der Waals surface area contributed by atoms with E-state index in [1.165, 1.54) is 35.1 Å². The minimum atomic E-state index is -1.01. The molecule has 1 aromatic carbocycles. The van der Waals surface area contributed by atoms with Crippen LogP contribution in [0.15, 0.2) is 97.6 Å². The fourth-order valence-electron chi connectivity index (χ4n) is 17.3. The predicted molar refractivity (Wildman–Crippen MR) is 511 cm³/mol. The molecule has 0 spiro atoms. The lowest BCUT2D eigenvalue weighted by Gasteiger charge is -2.33. The van der Waals surface area contributed by atoms with Crippen LogP contribution in [0.2, 0.25) is 0 Å². The Morgan fingerprint density at radius 2 is 0.762 bits per heavy atom. The number of nitrogens with zero attached hydrogens (tertiary/aromatic N) is 18. The van der Waals surface area contributed by atoms with Crippen LogP contribution < -0.4 is 23.7 Å². The van der Waals surface area contributed by atoms with Crippen LogP contribution >= 0.6 is 0 Å². The van der Waals surface area contributed by atoms with Crippen molar-refractivity contribution in [3.05, 3.63) is 154 Å². The Morgan fingerprint density at radius 3 is 1.08 bits per heavy atom. The zero-order valence-electron chi connectivity index (χ0n) is 83.2. The van der Waals surface area contributed by atoms with E-state index in [1.54, 1.807) is 133 Å². The van der Waals surface area contributed by atoms with Gasteiger partial charge in [-0.15, -0.1) is 0 Å². The Bertz CT molecular complexity index is 6060. The van der Waals surface area contributed by atoms with Gasteiger partial charge in [0.25, 0.3) is 11.6 Å². The minimum absolute atomic E-state index is 0.00281. The first-order valence-electron chi connectivity index (χ1n) is 48.4. The van der Waals surface area contributed by atoms with Crippen molar-refractivity contribution in [2.75, 3.05) is 20.6 Å². The second-order valence-corrected chi connectivity index (χ2v) is 37.5. The molecule has 40 nitrogen and oxygen atoms in total. The Balaban J connectivity index is 0.000000171. The normalized spacial score (nSPS) is 18.6. The zero-order valence-corrected chi connectivity index (χ0v) is 83.2. The summed E-state index contributed by atoms with van der Waals surface area (Å²) in [5.41, 5.74) is 7.01.